The van der Waals surface area contributed by atoms with Crippen LogP contribution in [0.3, 0.4) is 0 Å². The van der Waals surface area contributed by atoms with Crippen LogP contribution in [0.5, 0.6) is 0 Å². The van der Waals surface area contributed by atoms with Crippen molar-refractivity contribution in [3.63, 3.8) is 0 Å². The zero-order valence-corrected chi connectivity index (χ0v) is 21.1. The lowest BCUT2D eigenvalue weighted by atomic mass is 9.74. The number of nitrogens with zero attached hydrogens (tertiary/aromatic N) is 3. The molecule has 34 heavy (non-hydrogen) atoms. The number of aliphatic hydroxyl groups excluding tert-OH is 1. The number of ether oxygens (including phenoxy) is 1. The predicted octanol–water partition coefficient (Wildman–Crippen LogP) is 1.74. The number of hydrogen-bond donors (Lipinski definition) is 1. The van der Waals surface area contributed by atoms with E-state index in [1.807, 2.05) is 58.9 Å². The fourth-order valence-corrected chi connectivity index (χ4v) is 6.28. The lowest BCUT2D eigenvalue weighted by Crippen LogP contribution is -2.59. The summed E-state index contributed by atoms with van der Waals surface area (Å²) < 4.78 is 6.78. The van der Waals surface area contributed by atoms with Gasteiger partial charge in [0.05, 0.1) is 17.4 Å². The van der Waals surface area contributed by atoms with Gasteiger partial charge < -0.3 is 24.5 Å². The second-order valence-corrected chi connectivity index (χ2v) is 11.2. The SMILES string of the molecule is CCCN1CC=C[C@@]2(C)O[C@]34C=CCN(C(C)(C)C)C(=O)C3N(CCCCO)C(=O)[C@@H]4[C@H]2C1=O. The van der Waals surface area contributed by atoms with Crippen molar-refractivity contribution in [3.05, 3.63) is 24.3 Å². The van der Waals surface area contributed by atoms with Crippen molar-refractivity contribution in [1.82, 2.24) is 14.7 Å². The molecule has 2 fully saturated rings. The van der Waals surface area contributed by atoms with Gasteiger partial charge in [-0.3, -0.25) is 14.4 Å². The van der Waals surface area contributed by atoms with Gasteiger partial charge in [-0.05, 0) is 47.0 Å². The fourth-order valence-electron chi connectivity index (χ4n) is 6.28. The van der Waals surface area contributed by atoms with E-state index in [0.717, 1.165) is 6.42 Å². The Morgan fingerprint density at radius 3 is 2.35 bits per heavy atom. The van der Waals surface area contributed by atoms with E-state index in [4.69, 9.17) is 4.74 Å². The minimum atomic E-state index is -1.21. The van der Waals surface area contributed by atoms with E-state index in [2.05, 4.69) is 0 Å². The average Bonchev–Trinajstić information content (AvgIpc) is 3.01. The fraction of sp³-hybridized carbons (Fsp3) is 0.731. The number of rotatable bonds is 6. The van der Waals surface area contributed by atoms with Crippen LogP contribution in [0, 0.1) is 11.8 Å². The molecule has 0 aliphatic carbocycles. The molecule has 1 unspecified atom stereocenters. The summed E-state index contributed by atoms with van der Waals surface area (Å²) in [4.78, 5) is 47.2. The van der Waals surface area contributed by atoms with Crippen molar-refractivity contribution in [3.8, 4) is 0 Å². The van der Waals surface area contributed by atoms with Crippen LogP contribution in [-0.2, 0) is 19.1 Å². The highest BCUT2D eigenvalue weighted by molar-refractivity contribution is 6.00. The van der Waals surface area contributed by atoms with E-state index in [-0.39, 0.29) is 24.3 Å². The number of aliphatic hydroxyl groups is 1. The summed E-state index contributed by atoms with van der Waals surface area (Å²) in [5, 5.41) is 9.31. The molecule has 0 radical (unpaired) electrons. The molecule has 0 bridgehead atoms. The molecule has 1 spiro atoms. The average molecular weight is 474 g/mol. The lowest BCUT2D eigenvalue weighted by molar-refractivity contribution is -0.155. The normalized spacial score (nSPS) is 35.4. The van der Waals surface area contributed by atoms with Gasteiger partial charge >= 0.3 is 0 Å². The van der Waals surface area contributed by atoms with E-state index < -0.39 is 34.6 Å². The number of fused-ring (bicyclic) bond motifs is 2. The van der Waals surface area contributed by atoms with Crippen molar-refractivity contribution in [2.45, 2.75) is 76.7 Å². The molecule has 4 aliphatic heterocycles. The quantitative estimate of drug-likeness (QED) is 0.469. The van der Waals surface area contributed by atoms with Crippen LogP contribution in [0.4, 0.5) is 0 Å². The number of amides is 3. The van der Waals surface area contributed by atoms with Gasteiger partial charge in [0.15, 0.2) is 0 Å². The molecule has 3 amide bonds. The van der Waals surface area contributed by atoms with Gasteiger partial charge in [-0.2, -0.15) is 0 Å². The number of hydrogen-bond acceptors (Lipinski definition) is 5. The summed E-state index contributed by atoms with van der Waals surface area (Å²) in [5.41, 5.74) is -2.62. The zero-order chi connectivity index (χ0) is 24.9. The zero-order valence-electron chi connectivity index (χ0n) is 21.1. The van der Waals surface area contributed by atoms with Crippen molar-refractivity contribution in [2.75, 3.05) is 32.8 Å². The summed E-state index contributed by atoms with van der Waals surface area (Å²) in [6.07, 6.45) is 9.62. The van der Waals surface area contributed by atoms with Crippen molar-refractivity contribution in [1.29, 1.82) is 0 Å². The Bertz CT molecular complexity index is 909. The smallest absolute Gasteiger partial charge is 0.249 e. The van der Waals surface area contributed by atoms with E-state index in [9.17, 15) is 19.5 Å². The maximum absolute atomic E-state index is 14.1. The molecule has 188 valence electrons. The topological polar surface area (TPSA) is 90.4 Å². The second kappa shape index (κ2) is 8.79. The Kier molecular flexibility index (Phi) is 6.44. The first-order valence-corrected chi connectivity index (χ1v) is 12.6. The van der Waals surface area contributed by atoms with Crippen LogP contribution in [-0.4, -0.2) is 93.1 Å². The van der Waals surface area contributed by atoms with E-state index in [1.165, 1.54) is 0 Å². The summed E-state index contributed by atoms with van der Waals surface area (Å²) in [5.74, 6) is -1.91. The van der Waals surface area contributed by atoms with Crippen molar-refractivity contribution < 1.29 is 24.2 Å². The van der Waals surface area contributed by atoms with Crippen LogP contribution in [0.25, 0.3) is 0 Å². The molecule has 0 aromatic rings. The van der Waals surface area contributed by atoms with Gasteiger partial charge in [-0.15, -0.1) is 0 Å². The van der Waals surface area contributed by atoms with Crippen LogP contribution in [0.2, 0.25) is 0 Å². The third-order valence-electron chi connectivity index (χ3n) is 7.75. The monoisotopic (exact) mass is 473 g/mol. The number of carbonyl (C=O) groups excluding carboxylic acids is 3. The van der Waals surface area contributed by atoms with Gasteiger partial charge in [0.2, 0.25) is 17.7 Å². The Hall–Kier alpha value is -2.19. The highest BCUT2D eigenvalue weighted by Crippen LogP contribution is 2.57. The highest BCUT2D eigenvalue weighted by Gasteiger charge is 2.74. The molecule has 8 heteroatoms. The second-order valence-electron chi connectivity index (χ2n) is 11.2. The molecule has 8 nitrogen and oxygen atoms in total. The maximum atomic E-state index is 14.1. The first-order valence-electron chi connectivity index (χ1n) is 12.6. The molecule has 4 aliphatic rings. The molecular formula is C26H39N3O5. The Morgan fingerprint density at radius 2 is 1.71 bits per heavy atom. The highest BCUT2D eigenvalue weighted by atomic mass is 16.5. The number of carbonyl (C=O) groups is 3. The summed E-state index contributed by atoms with van der Waals surface area (Å²) in [6.45, 7) is 11.7. The lowest BCUT2D eigenvalue weighted by Gasteiger charge is -2.41. The predicted molar refractivity (Wildman–Crippen MR) is 128 cm³/mol. The van der Waals surface area contributed by atoms with Crippen molar-refractivity contribution >= 4 is 17.7 Å². The summed E-state index contributed by atoms with van der Waals surface area (Å²) in [7, 11) is 0. The molecule has 0 saturated carbocycles. The van der Waals surface area contributed by atoms with Crippen LogP contribution in [0.1, 0.15) is 53.9 Å². The standard InChI is InChI=1S/C26H39N3O5/c1-6-13-27-14-9-11-25(5)18(21(27)31)19-22(32)28(15-7-8-17-30)20-23(33)29(24(2,3)4)16-10-12-26(19,20)34-25/h9-12,18-20,30H,6-8,13-17H2,1-5H3/t18-,19-,20?,25+,26-/m0/s1. The molecule has 4 heterocycles. The maximum Gasteiger partial charge on any atom is 0.249 e. The molecule has 0 aromatic carbocycles. The third-order valence-corrected chi connectivity index (χ3v) is 7.75. The molecular weight excluding hydrogens is 434 g/mol. The van der Waals surface area contributed by atoms with E-state index in [0.29, 0.717) is 39.0 Å². The number of likely N-dealkylation sites (tertiary alicyclic amines) is 1. The largest absolute Gasteiger partial charge is 0.396 e. The first kappa shape index (κ1) is 24.9. The Balaban J connectivity index is 1.84. The van der Waals surface area contributed by atoms with Crippen LogP contribution < -0.4 is 0 Å². The van der Waals surface area contributed by atoms with Crippen LogP contribution in [0.15, 0.2) is 24.3 Å². The Morgan fingerprint density at radius 1 is 1.00 bits per heavy atom. The Labute approximate surface area is 202 Å². The van der Waals surface area contributed by atoms with E-state index in [1.54, 1.807) is 14.7 Å². The number of unbranched alkanes of at least 4 members (excludes halogenated alkanes) is 1. The third kappa shape index (κ3) is 3.70. The minimum absolute atomic E-state index is 0.0235. The van der Waals surface area contributed by atoms with Gasteiger partial charge in [0.1, 0.15) is 11.6 Å². The minimum Gasteiger partial charge on any atom is -0.396 e. The van der Waals surface area contributed by atoms with Crippen LogP contribution >= 0.6 is 0 Å². The van der Waals surface area contributed by atoms with Crippen molar-refractivity contribution in [2.24, 2.45) is 11.8 Å². The van der Waals surface area contributed by atoms with Gasteiger partial charge in [-0.25, -0.2) is 0 Å². The molecule has 2 saturated heterocycles. The van der Waals surface area contributed by atoms with Gasteiger partial charge in [-0.1, -0.05) is 31.2 Å². The van der Waals surface area contributed by atoms with E-state index >= 15 is 0 Å². The molecule has 5 atom stereocenters. The first-order chi connectivity index (χ1) is 16.0. The summed E-state index contributed by atoms with van der Waals surface area (Å²) in [6, 6.07) is -0.841. The van der Waals surface area contributed by atoms with Gasteiger partial charge in [0, 0.05) is 38.3 Å². The van der Waals surface area contributed by atoms with Gasteiger partial charge in [0.25, 0.3) is 0 Å². The molecule has 1 N–H and O–H groups in total. The molecule has 0 aromatic heterocycles. The molecule has 4 rings (SSSR count). The summed E-state index contributed by atoms with van der Waals surface area (Å²) >= 11 is 0.